The van der Waals surface area contributed by atoms with Gasteiger partial charge in [-0.3, -0.25) is 15.6 Å². The molecule has 0 bridgehead atoms. The summed E-state index contributed by atoms with van der Waals surface area (Å²) in [5.41, 5.74) is 10.2. The molecule has 0 spiro atoms. The number of aliphatic hydroxyl groups is 1. The van der Waals surface area contributed by atoms with Crippen LogP contribution in [0.1, 0.15) is 44.1 Å². The number of aliphatic hydroxyl groups excluding tert-OH is 1. The number of hydrogen-bond donors (Lipinski definition) is 4. The number of carbonyl (C=O) groups excluding carboxylic acids is 1. The number of halogens is 3. The molecule has 1 aromatic rings. The smallest absolute Gasteiger partial charge is 0.382 e. The van der Waals surface area contributed by atoms with Crippen LogP contribution in [-0.2, 0) is 11.0 Å². The van der Waals surface area contributed by atoms with Crippen LogP contribution in [-0.4, -0.2) is 23.2 Å². The molecule has 1 aliphatic carbocycles. The van der Waals surface area contributed by atoms with E-state index >= 15 is 0 Å². The summed E-state index contributed by atoms with van der Waals surface area (Å²) in [6.07, 6.45) is 0.427. The van der Waals surface area contributed by atoms with Gasteiger partial charge in [-0.2, -0.15) is 13.2 Å². The van der Waals surface area contributed by atoms with Crippen LogP contribution < -0.4 is 16.6 Å². The summed E-state index contributed by atoms with van der Waals surface area (Å²) in [6, 6.07) is 3.52. The zero-order valence-corrected chi connectivity index (χ0v) is 13.9. The van der Waals surface area contributed by atoms with Gasteiger partial charge in [-0.15, -0.1) is 0 Å². The Balaban J connectivity index is 1.80. The Morgan fingerprint density at radius 2 is 1.80 bits per heavy atom. The standard InChI is InChI=1S/C17H24F3N3O2/c18-17(19,20)12-6-8-13(9-7-12)22-23-16(25)15(24)14(21)10-11-4-2-1-3-5-11/h6-9,11,14-15,22,24H,1-5,10,21H2,(H,23,25)/t14-,15?/m1/s1. The largest absolute Gasteiger partial charge is 0.416 e. The fourth-order valence-corrected chi connectivity index (χ4v) is 3.08. The van der Waals surface area contributed by atoms with Crippen molar-refractivity contribution in [3.63, 3.8) is 0 Å². The number of hydrazine groups is 1. The fourth-order valence-electron chi connectivity index (χ4n) is 3.08. The number of rotatable bonds is 6. The fraction of sp³-hybridized carbons (Fsp3) is 0.588. The summed E-state index contributed by atoms with van der Waals surface area (Å²) in [7, 11) is 0. The molecule has 1 aliphatic rings. The molecule has 0 heterocycles. The van der Waals surface area contributed by atoms with E-state index in [1.807, 2.05) is 0 Å². The van der Waals surface area contributed by atoms with Crippen LogP contribution in [0.5, 0.6) is 0 Å². The lowest BCUT2D eigenvalue weighted by atomic mass is 9.84. The summed E-state index contributed by atoms with van der Waals surface area (Å²) in [5.74, 6) is -0.280. The van der Waals surface area contributed by atoms with Crippen molar-refractivity contribution < 1.29 is 23.1 Å². The highest BCUT2D eigenvalue weighted by Crippen LogP contribution is 2.30. The molecule has 0 radical (unpaired) electrons. The highest BCUT2D eigenvalue weighted by molar-refractivity contribution is 5.82. The third-order valence-corrected chi connectivity index (χ3v) is 4.55. The SMILES string of the molecule is N[C@H](CC1CCCCC1)C(O)C(=O)NNc1ccc(C(F)(F)F)cc1. The molecule has 1 amide bonds. The van der Waals surface area contributed by atoms with Crippen molar-refractivity contribution in [3.05, 3.63) is 29.8 Å². The second-order valence-corrected chi connectivity index (χ2v) is 6.54. The molecule has 140 valence electrons. The Labute approximate surface area is 144 Å². The van der Waals surface area contributed by atoms with E-state index in [1.54, 1.807) is 0 Å². The minimum atomic E-state index is -4.41. The maximum Gasteiger partial charge on any atom is 0.416 e. The molecule has 2 rings (SSSR count). The molecule has 5 nitrogen and oxygen atoms in total. The normalized spacial score (nSPS) is 18.4. The van der Waals surface area contributed by atoms with Crippen LogP contribution >= 0.6 is 0 Å². The lowest BCUT2D eigenvalue weighted by Gasteiger charge is -2.26. The van der Waals surface area contributed by atoms with Gasteiger partial charge in [0.1, 0.15) is 6.10 Å². The summed E-state index contributed by atoms with van der Waals surface area (Å²) in [5, 5.41) is 10.0. The number of alkyl halides is 3. The first kappa shape index (κ1) is 19.5. The first-order valence-electron chi connectivity index (χ1n) is 8.44. The van der Waals surface area contributed by atoms with Gasteiger partial charge in [0.25, 0.3) is 5.91 Å². The lowest BCUT2D eigenvalue weighted by molar-refractivity contribution is -0.137. The van der Waals surface area contributed by atoms with Crippen molar-refractivity contribution in [1.82, 2.24) is 5.43 Å². The molecule has 5 N–H and O–H groups in total. The van der Waals surface area contributed by atoms with Gasteiger partial charge < -0.3 is 10.8 Å². The van der Waals surface area contributed by atoms with Crippen molar-refractivity contribution in [2.75, 3.05) is 5.43 Å². The second-order valence-electron chi connectivity index (χ2n) is 6.54. The second kappa shape index (κ2) is 8.53. The molecular weight excluding hydrogens is 335 g/mol. The van der Waals surface area contributed by atoms with E-state index in [0.29, 0.717) is 12.3 Å². The number of anilines is 1. The van der Waals surface area contributed by atoms with Gasteiger partial charge in [0, 0.05) is 6.04 Å². The quantitative estimate of drug-likeness (QED) is 0.588. The Bertz CT molecular complexity index is 557. The molecule has 1 unspecified atom stereocenters. The van der Waals surface area contributed by atoms with E-state index in [1.165, 1.54) is 18.6 Å². The van der Waals surface area contributed by atoms with Crippen molar-refractivity contribution in [2.45, 2.75) is 56.8 Å². The van der Waals surface area contributed by atoms with Crippen molar-refractivity contribution in [3.8, 4) is 0 Å². The third kappa shape index (κ3) is 5.89. The Morgan fingerprint density at radius 3 is 2.36 bits per heavy atom. The van der Waals surface area contributed by atoms with Crippen LogP contribution in [0.4, 0.5) is 18.9 Å². The zero-order chi connectivity index (χ0) is 18.4. The third-order valence-electron chi connectivity index (χ3n) is 4.55. The molecular formula is C17H24F3N3O2. The summed E-state index contributed by atoms with van der Waals surface area (Å²) in [6.45, 7) is 0. The van der Waals surface area contributed by atoms with Crippen molar-refractivity contribution in [1.29, 1.82) is 0 Å². The predicted molar refractivity (Wildman–Crippen MR) is 88.4 cm³/mol. The van der Waals surface area contributed by atoms with Gasteiger partial charge in [-0.25, -0.2) is 0 Å². The summed E-state index contributed by atoms with van der Waals surface area (Å²) in [4.78, 5) is 11.9. The minimum absolute atomic E-state index is 0.273. The first-order chi connectivity index (χ1) is 11.8. The van der Waals surface area contributed by atoms with Crippen molar-refractivity contribution in [2.24, 2.45) is 11.7 Å². The summed E-state index contributed by atoms with van der Waals surface area (Å²) < 4.78 is 37.5. The van der Waals surface area contributed by atoms with Gasteiger partial charge in [0.15, 0.2) is 0 Å². The maximum atomic E-state index is 12.5. The van der Waals surface area contributed by atoms with E-state index < -0.39 is 29.8 Å². The van der Waals surface area contributed by atoms with Crippen LogP contribution in [0, 0.1) is 5.92 Å². The molecule has 2 atom stereocenters. The molecule has 0 aliphatic heterocycles. The van der Waals surface area contributed by atoms with E-state index in [9.17, 15) is 23.1 Å². The predicted octanol–water partition coefficient (Wildman–Crippen LogP) is 2.81. The molecule has 25 heavy (non-hydrogen) atoms. The molecule has 1 aromatic carbocycles. The van der Waals surface area contributed by atoms with E-state index in [0.717, 1.165) is 37.8 Å². The molecule has 0 aromatic heterocycles. The summed E-state index contributed by atoms with van der Waals surface area (Å²) >= 11 is 0. The van der Waals surface area contributed by atoms with Crippen molar-refractivity contribution >= 4 is 11.6 Å². The van der Waals surface area contributed by atoms with Crippen LogP contribution in [0.3, 0.4) is 0 Å². The lowest BCUT2D eigenvalue weighted by Crippen LogP contribution is -2.48. The van der Waals surface area contributed by atoms with Crippen LogP contribution in [0.15, 0.2) is 24.3 Å². The van der Waals surface area contributed by atoms with E-state index in [4.69, 9.17) is 5.73 Å². The first-order valence-corrected chi connectivity index (χ1v) is 8.44. The maximum absolute atomic E-state index is 12.5. The molecule has 1 fully saturated rings. The Kier molecular flexibility index (Phi) is 6.66. The van der Waals surface area contributed by atoms with Gasteiger partial charge in [0.2, 0.25) is 0 Å². The van der Waals surface area contributed by atoms with E-state index in [-0.39, 0.29) is 5.69 Å². The number of amides is 1. The number of nitrogens with one attached hydrogen (secondary N) is 2. The minimum Gasteiger partial charge on any atom is -0.382 e. The topological polar surface area (TPSA) is 87.4 Å². The number of carbonyl (C=O) groups is 1. The molecule has 0 saturated heterocycles. The van der Waals surface area contributed by atoms with Gasteiger partial charge in [0.05, 0.1) is 11.3 Å². The average molecular weight is 359 g/mol. The van der Waals surface area contributed by atoms with Gasteiger partial charge in [-0.05, 0) is 36.6 Å². The van der Waals surface area contributed by atoms with Gasteiger partial charge >= 0.3 is 6.18 Å². The van der Waals surface area contributed by atoms with Crippen LogP contribution in [0.25, 0.3) is 0 Å². The van der Waals surface area contributed by atoms with E-state index in [2.05, 4.69) is 10.9 Å². The number of benzene rings is 1. The zero-order valence-electron chi connectivity index (χ0n) is 13.9. The number of hydrogen-bond acceptors (Lipinski definition) is 4. The molecule has 1 saturated carbocycles. The number of nitrogens with two attached hydrogens (primary N) is 1. The highest BCUT2D eigenvalue weighted by Gasteiger charge is 2.30. The monoisotopic (exact) mass is 359 g/mol. The highest BCUT2D eigenvalue weighted by atomic mass is 19.4. The Morgan fingerprint density at radius 1 is 1.20 bits per heavy atom. The Hall–Kier alpha value is -1.80. The molecule has 8 heteroatoms. The van der Waals surface area contributed by atoms with Crippen LogP contribution in [0.2, 0.25) is 0 Å². The van der Waals surface area contributed by atoms with Gasteiger partial charge in [-0.1, -0.05) is 32.1 Å². The average Bonchev–Trinajstić information content (AvgIpc) is 2.59.